The predicted octanol–water partition coefficient (Wildman–Crippen LogP) is 2.31. The fourth-order valence-electron chi connectivity index (χ4n) is 5.12. The Hall–Kier alpha value is -3.16. The summed E-state index contributed by atoms with van der Waals surface area (Å²) in [5.74, 6) is 2.88. The van der Waals surface area contributed by atoms with Gasteiger partial charge in [-0.2, -0.15) is 0 Å². The number of aromatic nitrogens is 2. The predicted molar refractivity (Wildman–Crippen MR) is 124 cm³/mol. The standard InChI is InChI=1S/C25H31N5O3/c1-16(31)29-10-8-20-21(15-29)27-24(28-25(20)26-2)19-7-9-30(14-19)23(32)13-17-5-6-22-18(12-17)4-3-11-33-22/h5-6,12,19H,3-4,7-11,13-15H2,1-2H3,(H,26,27,28)/t19-/m0/s1. The van der Waals surface area contributed by atoms with Crippen molar-refractivity contribution in [2.45, 2.75) is 51.5 Å². The van der Waals surface area contributed by atoms with Crippen molar-refractivity contribution < 1.29 is 14.3 Å². The van der Waals surface area contributed by atoms with Crippen molar-refractivity contribution in [3.05, 3.63) is 46.4 Å². The smallest absolute Gasteiger partial charge is 0.227 e. The highest BCUT2D eigenvalue weighted by Crippen LogP contribution is 2.31. The number of benzene rings is 1. The van der Waals surface area contributed by atoms with Crippen LogP contribution in [0.1, 0.15) is 53.9 Å². The number of rotatable bonds is 4. The molecule has 1 aromatic heterocycles. The van der Waals surface area contributed by atoms with Crippen LogP contribution >= 0.6 is 0 Å². The van der Waals surface area contributed by atoms with Gasteiger partial charge in [-0.1, -0.05) is 12.1 Å². The van der Waals surface area contributed by atoms with Gasteiger partial charge in [-0.3, -0.25) is 9.59 Å². The van der Waals surface area contributed by atoms with Crippen molar-refractivity contribution in [2.75, 3.05) is 38.6 Å². The number of carbonyl (C=O) groups excluding carboxylic acids is 2. The number of aryl methyl sites for hydroxylation is 1. The molecule has 8 heteroatoms. The molecule has 5 rings (SSSR count). The highest BCUT2D eigenvalue weighted by molar-refractivity contribution is 5.79. The van der Waals surface area contributed by atoms with Gasteiger partial charge in [-0.15, -0.1) is 0 Å². The summed E-state index contributed by atoms with van der Waals surface area (Å²) in [6, 6.07) is 6.11. The lowest BCUT2D eigenvalue weighted by Crippen LogP contribution is -2.35. The van der Waals surface area contributed by atoms with Gasteiger partial charge in [-0.05, 0) is 42.9 Å². The van der Waals surface area contributed by atoms with Crippen molar-refractivity contribution in [3.63, 3.8) is 0 Å². The van der Waals surface area contributed by atoms with Crippen LogP contribution in [-0.2, 0) is 35.4 Å². The maximum absolute atomic E-state index is 13.0. The van der Waals surface area contributed by atoms with E-state index >= 15 is 0 Å². The molecule has 1 N–H and O–H groups in total. The maximum atomic E-state index is 13.0. The molecule has 0 aliphatic carbocycles. The Morgan fingerprint density at radius 3 is 2.88 bits per heavy atom. The lowest BCUT2D eigenvalue weighted by Gasteiger charge is -2.29. The van der Waals surface area contributed by atoms with Crippen molar-refractivity contribution in [1.29, 1.82) is 0 Å². The number of likely N-dealkylation sites (tertiary alicyclic amines) is 1. The maximum Gasteiger partial charge on any atom is 0.227 e. The second-order valence-electron chi connectivity index (χ2n) is 9.19. The number of hydrogen-bond donors (Lipinski definition) is 1. The first-order chi connectivity index (χ1) is 16.0. The van der Waals surface area contributed by atoms with Gasteiger partial charge in [0.25, 0.3) is 0 Å². The SMILES string of the molecule is CNc1nc([C@H]2CCN(C(=O)Cc3ccc4c(c3)CCCO4)C2)nc2c1CCN(C(C)=O)C2. The minimum atomic E-state index is 0.0678. The molecular weight excluding hydrogens is 418 g/mol. The summed E-state index contributed by atoms with van der Waals surface area (Å²) in [7, 11) is 1.87. The minimum Gasteiger partial charge on any atom is -0.493 e. The van der Waals surface area contributed by atoms with E-state index < -0.39 is 0 Å². The van der Waals surface area contributed by atoms with Gasteiger partial charge >= 0.3 is 0 Å². The van der Waals surface area contributed by atoms with Gasteiger partial charge in [-0.25, -0.2) is 9.97 Å². The third-order valence-corrected chi connectivity index (χ3v) is 7.00. The Bertz CT molecular complexity index is 1090. The van der Waals surface area contributed by atoms with Crippen LogP contribution in [0.5, 0.6) is 5.75 Å². The number of hydrogen-bond acceptors (Lipinski definition) is 6. The molecule has 8 nitrogen and oxygen atoms in total. The minimum absolute atomic E-state index is 0.0678. The van der Waals surface area contributed by atoms with Crippen molar-refractivity contribution in [2.24, 2.45) is 0 Å². The van der Waals surface area contributed by atoms with Crippen LogP contribution in [0.3, 0.4) is 0 Å². The normalized spacial score (nSPS) is 19.5. The molecule has 0 saturated carbocycles. The zero-order valence-electron chi connectivity index (χ0n) is 19.4. The van der Waals surface area contributed by atoms with Gasteiger partial charge < -0.3 is 19.9 Å². The molecule has 33 heavy (non-hydrogen) atoms. The molecule has 174 valence electrons. The van der Waals surface area contributed by atoms with Gasteiger partial charge in [0.05, 0.1) is 25.3 Å². The first-order valence-electron chi connectivity index (χ1n) is 11.9. The van der Waals surface area contributed by atoms with E-state index in [0.717, 1.165) is 66.5 Å². The van der Waals surface area contributed by atoms with E-state index in [1.807, 2.05) is 29.0 Å². The van der Waals surface area contributed by atoms with E-state index in [0.29, 0.717) is 32.6 Å². The summed E-state index contributed by atoms with van der Waals surface area (Å²) in [5, 5.41) is 3.21. The van der Waals surface area contributed by atoms with E-state index in [4.69, 9.17) is 14.7 Å². The molecule has 0 radical (unpaired) electrons. The van der Waals surface area contributed by atoms with Crippen LogP contribution in [-0.4, -0.2) is 64.9 Å². The van der Waals surface area contributed by atoms with Crippen LogP contribution < -0.4 is 10.1 Å². The fraction of sp³-hybridized carbons (Fsp3) is 0.520. The van der Waals surface area contributed by atoms with E-state index in [-0.39, 0.29) is 17.7 Å². The molecule has 1 saturated heterocycles. The first-order valence-corrected chi connectivity index (χ1v) is 11.9. The van der Waals surface area contributed by atoms with Crippen LogP contribution in [0.25, 0.3) is 0 Å². The van der Waals surface area contributed by atoms with Gasteiger partial charge in [0, 0.05) is 45.1 Å². The number of carbonyl (C=O) groups is 2. The monoisotopic (exact) mass is 449 g/mol. The van der Waals surface area contributed by atoms with E-state index in [2.05, 4.69) is 11.4 Å². The van der Waals surface area contributed by atoms with E-state index in [1.54, 1.807) is 6.92 Å². The third-order valence-electron chi connectivity index (χ3n) is 7.00. The Kier molecular flexibility index (Phi) is 5.91. The van der Waals surface area contributed by atoms with Crippen LogP contribution in [0.15, 0.2) is 18.2 Å². The topological polar surface area (TPSA) is 87.7 Å². The number of anilines is 1. The van der Waals surface area contributed by atoms with Crippen molar-refractivity contribution in [3.8, 4) is 5.75 Å². The molecule has 4 heterocycles. The lowest BCUT2D eigenvalue weighted by molar-refractivity contribution is -0.130. The molecule has 0 spiro atoms. The van der Waals surface area contributed by atoms with E-state index in [1.165, 1.54) is 5.56 Å². The number of amides is 2. The molecule has 0 unspecified atom stereocenters. The Morgan fingerprint density at radius 2 is 2.06 bits per heavy atom. The zero-order chi connectivity index (χ0) is 22.9. The molecule has 1 atom stereocenters. The second kappa shape index (κ2) is 9.00. The molecule has 2 amide bonds. The number of nitrogens with one attached hydrogen (secondary N) is 1. The van der Waals surface area contributed by atoms with E-state index in [9.17, 15) is 9.59 Å². The van der Waals surface area contributed by atoms with Gasteiger partial charge in [0.1, 0.15) is 17.4 Å². The summed E-state index contributed by atoms with van der Waals surface area (Å²) >= 11 is 0. The number of nitrogens with zero attached hydrogens (tertiary/aromatic N) is 4. The summed E-state index contributed by atoms with van der Waals surface area (Å²) in [4.78, 5) is 38.3. The summed E-state index contributed by atoms with van der Waals surface area (Å²) in [6.45, 7) is 4.93. The average Bonchev–Trinajstić information content (AvgIpc) is 3.33. The quantitative estimate of drug-likeness (QED) is 0.771. The highest BCUT2D eigenvalue weighted by Gasteiger charge is 2.31. The third kappa shape index (κ3) is 4.38. The fourth-order valence-corrected chi connectivity index (χ4v) is 5.12. The first kappa shape index (κ1) is 21.7. The van der Waals surface area contributed by atoms with Crippen LogP contribution in [0.2, 0.25) is 0 Å². The highest BCUT2D eigenvalue weighted by atomic mass is 16.5. The molecular formula is C25H31N5O3. The van der Waals surface area contributed by atoms with Crippen molar-refractivity contribution in [1.82, 2.24) is 19.8 Å². The zero-order valence-corrected chi connectivity index (χ0v) is 19.4. The number of fused-ring (bicyclic) bond motifs is 2. The largest absolute Gasteiger partial charge is 0.493 e. The molecule has 2 aromatic rings. The molecule has 1 aromatic carbocycles. The summed E-state index contributed by atoms with van der Waals surface area (Å²) < 4.78 is 5.69. The Morgan fingerprint density at radius 1 is 1.18 bits per heavy atom. The summed E-state index contributed by atoms with van der Waals surface area (Å²) in [6.07, 6.45) is 4.04. The second-order valence-corrected chi connectivity index (χ2v) is 9.19. The molecule has 0 bridgehead atoms. The van der Waals surface area contributed by atoms with Crippen LogP contribution in [0.4, 0.5) is 5.82 Å². The number of ether oxygens (including phenoxy) is 1. The molecule has 3 aliphatic rings. The lowest BCUT2D eigenvalue weighted by atomic mass is 10.0. The Labute approximate surface area is 194 Å². The molecule has 3 aliphatic heterocycles. The van der Waals surface area contributed by atoms with Crippen LogP contribution in [0, 0.1) is 0 Å². The van der Waals surface area contributed by atoms with Gasteiger partial charge in [0.2, 0.25) is 11.8 Å². The Balaban J connectivity index is 1.28. The summed E-state index contributed by atoms with van der Waals surface area (Å²) in [5.41, 5.74) is 4.26. The van der Waals surface area contributed by atoms with Crippen molar-refractivity contribution >= 4 is 17.6 Å². The van der Waals surface area contributed by atoms with Gasteiger partial charge in [0.15, 0.2) is 0 Å². The molecule has 1 fully saturated rings. The average molecular weight is 450 g/mol.